The number of rotatable bonds is 1. The van der Waals surface area contributed by atoms with Crippen molar-refractivity contribution in [3.05, 3.63) is 29.7 Å². The number of aryl methyl sites for hydroxylation is 2. The summed E-state index contributed by atoms with van der Waals surface area (Å²) in [5.41, 5.74) is 3.56. The number of nitrogens with zero attached hydrogens (tertiary/aromatic N) is 3. The van der Waals surface area contributed by atoms with Gasteiger partial charge < -0.3 is 10.2 Å². The van der Waals surface area contributed by atoms with Crippen LogP contribution in [-0.4, -0.2) is 36.1 Å². The molecule has 0 spiro atoms. The van der Waals surface area contributed by atoms with Crippen LogP contribution in [0.4, 0.5) is 5.69 Å². The van der Waals surface area contributed by atoms with Crippen molar-refractivity contribution in [3.63, 3.8) is 0 Å². The molecule has 0 saturated carbocycles. The predicted molar refractivity (Wildman–Crippen MR) is 74.1 cm³/mol. The third-order valence-corrected chi connectivity index (χ3v) is 3.51. The number of piperazine rings is 1. The van der Waals surface area contributed by atoms with Crippen molar-refractivity contribution in [1.29, 1.82) is 0 Å². The topological polar surface area (TPSA) is 41.1 Å². The van der Waals surface area contributed by atoms with Crippen molar-refractivity contribution >= 4 is 16.6 Å². The smallest absolute Gasteiger partial charge is 0.125 e. The van der Waals surface area contributed by atoms with Gasteiger partial charge in [-0.05, 0) is 25.5 Å². The highest BCUT2D eigenvalue weighted by atomic mass is 15.2. The Balaban J connectivity index is 2.14. The maximum absolute atomic E-state index is 4.58. The number of hydrogen-bond acceptors (Lipinski definition) is 4. The quantitative estimate of drug-likeness (QED) is 0.825. The van der Waals surface area contributed by atoms with Crippen molar-refractivity contribution in [3.8, 4) is 0 Å². The van der Waals surface area contributed by atoms with E-state index in [1.165, 1.54) is 16.6 Å². The van der Waals surface area contributed by atoms with E-state index < -0.39 is 0 Å². The summed E-state index contributed by atoms with van der Waals surface area (Å²) < 4.78 is 0. The Kier molecular flexibility index (Phi) is 2.88. The first-order valence-corrected chi connectivity index (χ1v) is 6.44. The zero-order valence-corrected chi connectivity index (χ0v) is 10.9. The summed E-state index contributed by atoms with van der Waals surface area (Å²) in [6.45, 7) is 8.23. The molecule has 1 aromatic heterocycles. The molecule has 0 radical (unpaired) electrons. The van der Waals surface area contributed by atoms with Gasteiger partial charge in [-0.3, -0.25) is 0 Å². The number of benzene rings is 1. The highest BCUT2D eigenvalue weighted by molar-refractivity contribution is 5.93. The SMILES string of the molecule is Cc1ncc2c(N3CCNCC3)ccc(C)c2n1. The Labute approximate surface area is 107 Å². The first kappa shape index (κ1) is 11.4. The van der Waals surface area contributed by atoms with E-state index in [4.69, 9.17) is 0 Å². The maximum atomic E-state index is 4.58. The zero-order chi connectivity index (χ0) is 12.5. The Morgan fingerprint density at radius 1 is 1.17 bits per heavy atom. The molecule has 0 amide bonds. The number of hydrogen-bond donors (Lipinski definition) is 1. The lowest BCUT2D eigenvalue weighted by Gasteiger charge is -2.30. The molecule has 3 rings (SSSR count). The molecular weight excluding hydrogens is 224 g/mol. The zero-order valence-electron chi connectivity index (χ0n) is 10.9. The summed E-state index contributed by atoms with van der Waals surface area (Å²) >= 11 is 0. The van der Waals surface area contributed by atoms with Crippen LogP contribution in [0.2, 0.25) is 0 Å². The highest BCUT2D eigenvalue weighted by Gasteiger charge is 2.14. The van der Waals surface area contributed by atoms with Crippen LogP contribution in [0.3, 0.4) is 0 Å². The molecule has 0 bridgehead atoms. The fourth-order valence-corrected chi connectivity index (χ4v) is 2.51. The summed E-state index contributed by atoms with van der Waals surface area (Å²) in [5, 5.41) is 4.55. The molecule has 94 valence electrons. The normalized spacial score (nSPS) is 16.2. The minimum atomic E-state index is 0.836. The van der Waals surface area contributed by atoms with Crippen LogP contribution in [0.1, 0.15) is 11.4 Å². The summed E-state index contributed by atoms with van der Waals surface area (Å²) in [6.07, 6.45) is 1.96. The number of aromatic nitrogens is 2. The summed E-state index contributed by atoms with van der Waals surface area (Å²) in [5.74, 6) is 0.836. The molecular formula is C14H18N4. The monoisotopic (exact) mass is 242 g/mol. The minimum absolute atomic E-state index is 0.836. The lowest BCUT2D eigenvalue weighted by atomic mass is 10.1. The van der Waals surface area contributed by atoms with Gasteiger partial charge in [0.25, 0.3) is 0 Å². The lowest BCUT2D eigenvalue weighted by Crippen LogP contribution is -2.43. The largest absolute Gasteiger partial charge is 0.368 e. The van der Waals surface area contributed by atoms with E-state index in [-0.39, 0.29) is 0 Å². The molecule has 1 fully saturated rings. The second-order valence-electron chi connectivity index (χ2n) is 4.82. The summed E-state index contributed by atoms with van der Waals surface area (Å²) in [7, 11) is 0. The van der Waals surface area contributed by atoms with Gasteiger partial charge in [0.05, 0.1) is 5.52 Å². The second kappa shape index (κ2) is 4.53. The van der Waals surface area contributed by atoms with Crippen molar-refractivity contribution in [2.24, 2.45) is 0 Å². The van der Waals surface area contributed by atoms with Gasteiger partial charge >= 0.3 is 0 Å². The highest BCUT2D eigenvalue weighted by Crippen LogP contribution is 2.27. The molecule has 0 aliphatic carbocycles. The van der Waals surface area contributed by atoms with Gasteiger partial charge in [-0.2, -0.15) is 0 Å². The fraction of sp³-hybridized carbons (Fsp3) is 0.429. The van der Waals surface area contributed by atoms with Crippen LogP contribution >= 0.6 is 0 Å². The van der Waals surface area contributed by atoms with Crippen LogP contribution in [0, 0.1) is 13.8 Å². The molecule has 1 saturated heterocycles. The molecule has 1 aliphatic heterocycles. The molecule has 18 heavy (non-hydrogen) atoms. The first-order chi connectivity index (χ1) is 8.75. The Morgan fingerprint density at radius 2 is 1.94 bits per heavy atom. The van der Waals surface area contributed by atoms with Crippen molar-refractivity contribution in [2.75, 3.05) is 31.1 Å². The third kappa shape index (κ3) is 1.93. The van der Waals surface area contributed by atoms with E-state index in [2.05, 4.69) is 39.2 Å². The number of nitrogens with one attached hydrogen (secondary N) is 1. The Bertz CT molecular complexity index is 573. The van der Waals surface area contributed by atoms with E-state index in [1.807, 2.05) is 13.1 Å². The summed E-state index contributed by atoms with van der Waals surface area (Å²) in [6, 6.07) is 4.35. The molecule has 1 aliphatic rings. The molecule has 0 unspecified atom stereocenters. The predicted octanol–water partition coefficient (Wildman–Crippen LogP) is 1.66. The number of fused-ring (bicyclic) bond motifs is 1. The van der Waals surface area contributed by atoms with Crippen LogP contribution < -0.4 is 10.2 Å². The van der Waals surface area contributed by atoms with Gasteiger partial charge in [0.2, 0.25) is 0 Å². The van der Waals surface area contributed by atoms with Gasteiger partial charge in [0.1, 0.15) is 5.82 Å². The van der Waals surface area contributed by atoms with Crippen molar-refractivity contribution in [2.45, 2.75) is 13.8 Å². The average Bonchev–Trinajstić information content (AvgIpc) is 2.41. The molecule has 2 aromatic rings. The molecule has 4 heteroatoms. The van der Waals surface area contributed by atoms with Gasteiger partial charge in [-0.15, -0.1) is 0 Å². The lowest BCUT2D eigenvalue weighted by molar-refractivity contribution is 0.590. The average molecular weight is 242 g/mol. The van der Waals surface area contributed by atoms with Crippen LogP contribution in [-0.2, 0) is 0 Å². The molecule has 1 aromatic carbocycles. The Hall–Kier alpha value is -1.68. The molecule has 4 nitrogen and oxygen atoms in total. The Morgan fingerprint density at radius 3 is 2.72 bits per heavy atom. The molecule has 2 heterocycles. The maximum Gasteiger partial charge on any atom is 0.125 e. The van der Waals surface area contributed by atoms with Crippen LogP contribution in [0.25, 0.3) is 10.9 Å². The van der Waals surface area contributed by atoms with E-state index >= 15 is 0 Å². The molecule has 0 atom stereocenters. The second-order valence-corrected chi connectivity index (χ2v) is 4.82. The standard InChI is InChI=1S/C14H18N4/c1-10-3-4-13(18-7-5-15-6-8-18)12-9-16-11(2)17-14(10)12/h3-4,9,15H,5-8H2,1-2H3. The van der Waals surface area contributed by atoms with Gasteiger partial charge in [-0.1, -0.05) is 6.07 Å². The molecule has 1 N–H and O–H groups in total. The number of anilines is 1. The van der Waals surface area contributed by atoms with Crippen LogP contribution in [0.15, 0.2) is 18.3 Å². The van der Waals surface area contributed by atoms with Crippen LogP contribution in [0.5, 0.6) is 0 Å². The minimum Gasteiger partial charge on any atom is -0.368 e. The van der Waals surface area contributed by atoms with E-state index in [1.54, 1.807) is 0 Å². The van der Waals surface area contributed by atoms with Gasteiger partial charge in [0.15, 0.2) is 0 Å². The first-order valence-electron chi connectivity index (χ1n) is 6.44. The van der Waals surface area contributed by atoms with Gasteiger partial charge in [0, 0.05) is 43.4 Å². The van der Waals surface area contributed by atoms with E-state index in [0.29, 0.717) is 0 Å². The van der Waals surface area contributed by atoms with E-state index in [9.17, 15) is 0 Å². The van der Waals surface area contributed by atoms with Crippen molar-refractivity contribution in [1.82, 2.24) is 15.3 Å². The third-order valence-electron chi connectivity index (χ3n) is 3.51. The fourth-order valence-electron chi connectivity index (χ4n) is 2.51. The van der Waals surface area contributed by atoms with Crippen molar-refractivity contribution < 1.29 is 0 Å². The van der Waals surface area contributed by atoms with E-state index in [0.717, 1.165) is 37.5 Å². The summed E-state index contributed by atoms with van der Waals surface area (Å²) in [4.78, 5) is 11.3. The van der Waals surface area contributed by atoms with Gasteiger partial charge in [-0.25, -0.2) is 9.97 Å².